The lowest BCUT2D eigenvalue weighted by atomic mass is 10.1. The molecule has 1 saturated heterocycles. The number of urea groups is 1. The number of hydrogen-bond donors (Lipinski definition) is 2. The van der Waals surface area contributed by atoms with E-state index in [0.717, 1.165) is 35.7 Å². The molecule has 32 heavy (non-hydrogen) atoms. The number of nitrogens with one attached hydrogen (secondary N) is 2. The second-order valence-electron chi connectivity index (χ2n) is 7.61. The molecule has 0 aliphatic carbocycles. The van der Waals surface area contributed by atoms with Crippen molar-refractivity contribution in [3.05, 3.63) is 83.9 Å². The Hall–Kier alpha value is -3.84. The van der Waals surface area contributed by atoms with Gasteiger partial charge in [-0.15, -0.1) is 0 Å². The summed E-state index contributed by atoms with van der Waals surface area (Å²) in [5.74, 6) is 2.23. The second kappa shape index (κ2) is 9.11. The lowest BCUT2D eigenvalue weighted by Gasteiger charge is -2.30. The molecule has 2 amide bonds. The number of nitrogens with zero attached hydrogens (tertiary/aromatic N) is 2. The van der Waals surface area contributed by atoms with Crippen molar-refractivity contribution < 1.29 is 14.3 Å². The van der Waals surface area contributed by atoms with E-state index in [1.165, 1.54) is 0 Å². The van der Waals surface area contributed by atoms with Gasteiger partial charge in [-0.2, -0.15) is 0 Å². The largest absolute Gasteiger partial charge is 0.454 e. The monoisotopic (exact) mass is 428 g/mol. The summed E-state index contributed by atoms with van der Waals surface area (Å²) in [4.78, 5) is 19.6. The first-order valence-electron chi connectivity index (χ1n) is 10.7. The van der Waals surface area contributed by atoms with Gasteiger partial charge in [0.1, 0.15) is 17.3 Å². The molecule has 2 aliphatic rings. The Morgan fingerprint density at radius 1 is 0.938 bits per heavy atom. The topological polar surface area (TPSA) is 75.2 Å². The molecule has 2 heterocycles. The summed E-state index contributed by atoms with van der Waals surface area (Å²) in [5, 5.41) is 5.81. The number of anilines is 1. The van der Waals surface area contributed by atoms with Crippen molar-refractivity contribution in [1.29, 1.82) is 0 Å². The van der Waals surface area contributed by atoms with E-state index in [1.54, 1.807) is 0 Å². The van der Waals surface area contributed by atoms with Crippen molar-refractivity contribution in [1.82, 2.24) is 10.2 Å². The molecule has 3 aromatic rings. The highest BCUT2D eigenvalue weighted by Gasteiger charge is 2.24. The van der Waals surface area contributed by atoms with Gasteiger partial charge in [0, 0.05) is 25.3 Å². The van der Waals surface area contributed by atoms with E-state index in [0.29, 0.717) is 36.9 Å². The Morgan fingerprint density at radius 3 is 2.56 bits per heavy atom. The predicted molar refractivity (Wildman–Crippen MR) is 124 cm³/mol. The number of carbonyl (C=O) groups excluding carboxylic acids is 1. The molecule has 2 aliphatic heterocycles. The third-order valence-corrected chi connectivity index (χ3v) is 5.40. The van der Waals surface area contributed by atoms with Crippen LogP contribution in [0, 0.1) is 0 Å². The maximum atomic E-state index is 12.5. The summed E-state index contributed by atoms with van der Waals surface area (Å²) in [6.07, 6.45) is 0. The summed E-state index contributed by atoms with van der Waals surface area (Å²) in [5.41, 5.74) is 3.33. The van der Waals surface area contributed by atoms with Crippen LogP contribution in [-0.4, -0.2) is 43.1 Å². The molecular formula is C25H24N4O3. The van der Waals surface area contributed by atoms with Gasteiger partial charge < -0.3 is 25.0 Å². The third kappa shape index (κ3) is 4.43. The molecule has 5 rings (SSSR count). The molecule has 7 heteroatoms. The zero-order valence-corrected chi connectivity index (χ0v) is 17.6. The minimum absolute atomic E-state index is 0.267. The number of para-hydroxylation sites is 2. The molecule has 0 atom stereocenters. The van der Waals surface area contributed by atoms with E-state index >= 15 is 0 Å². The van der Waals surface area contributed by atoms with Gasteiger partial charge in [-0.05, 0) is 35.9 Å². The molecular weight excluding hydrogens is 404 g/mol. The Bertz CT molecular complexity index is 1140. The first-order chi connectivity index (χ1) is 15.8. The molecule has 162 valence electrons. The molecule has 0 unspecified atom stereocenters. The van der Waals surface area contributed by atoms with E-state index < -0.39 is 0 Å². The van der Waals surface area contributed by atoms with Gasteiger partial charge in [-0.3, -0.25) is 0 Å². The molecule has 1 fully saturated rings. The van der Waals surface area contributed by atoms with Crippen molar-refractivity contribution >= 4 is 23.2 Å². The van der Waals surface area contributed by atoms with E-state index in [9.17, 15) is 4.79 Å². The minimum atomic E-state index is -0.267. The Kier molecular flexibility index (Phi) is 5.72. The Labute approximate surface area is 186 Å². The fraction of sp³-hybridized carbons (Fsp3) is 0.200. The van der Waals surface area contributed by atoms with Gasteiger partial charge in [0.2, 0.25) is 0 Å². The van der Waals surface area contributed by atoms with Crippen molar-refractivity contribution in [2.24, 2.45) is 4.99 Å². The molecule has 7 nitrogen and oxygen atoms in total. The fourth-order valence-electron chi connectivity index (χ4n) is 3.77. The highest BCUT2D eigenvalue weighted by atomic mass is 16.5. The van der Waals surface area contributed by atoms with Crippen LogP contribution >= 0.6 is 0 Å². The smallest absolute Gasteiger partial charge is 0.319 e. The molecule has 2 N–H and O–H groups in total. The van der Waals surface area contributed by atoms with E-state index in [1.807, 2.05) is 72.8 Å². The van der Waals surface area contributed by atoms with Crippen molar-refractivity contribution in [2.45, 2.75) is 6.54 Å². The normalized spacial score (nSPS) is 14.9. The summed E-state index contributed by atoms with van der Waals surface area (Å²) >= 11 is 0. The van der Waals surface area contributed by atoms with Crippen LogP contribution in [0.2, 0.25) is 0 Å². The molecule has 0 saturated carbocycles. The minimum Gasteiger partial charge on any atom is -0.454 e. The number of benzene rings is 3. The van der Waals surface area contributed by atoms with Gasteiger partial charge >= 0.3 is 6.03 Å². The summed E-state index contributed by atoms with van der Waals surface area (Å²) in [6, 6.07) is 22.9. The zero-order valence-electron chi connectivity index (χ0n) is 17.6. The quantitative estimate of drug-likeness (QED) is 0.643. The zero-order chi connectivity index (χ0) is 21.8. The van der Waals surface area contributed by atoms with Crippen LogP contribution in [0.5, 0.6) is 11.5 Å². The van der Waals surface area contributed by atoms with E-state index in [-0.39, 0.29) is 6.03 Å². The standard InChI is InChI=1S/C25H24N4O3/c30-25(26-17-18-6-2-1-3-7-18)27-19-10-11-22-20(16-19)24(29-12-14-31-15-13-29)28-21-8-4-5-9-23(21)32-22/h1-11,16H,12-15,17H2,(H2,26,27,30). The van der Waals surface area contributed by atoms with Crippen LogP contribution in [0.25, 0.3) is 0 Å². The Balaban J connectivity index is 1.41. The summed E-state index contributed by atoms with van der Waals surface area (Å²) in [6.45, 7) is 3.25. The van der Waals surface area contributed by atoms with Crippen molar-refractivity contribution in [3.63, 3.8) is 0 Å². The summed E-state index contributed by atoms with van der Waals surface area (Å²) < 4.78 is 11.7. The molecule has 0 spiro atoms. The average molecular weight is 428 g/mol. The number of morpholine rings is 1. The van der Waals surface area contributed by atoms with Crippen LogP contribution in [0.4, 0.5) is 16.2 Å². The van der Waals surface area contributed by atoms with Gasteiger partial charge in [0.15, 0.2) is 5.75 Å². The molecule has 3 aromatic carbocycles. The number of ether oxygens (including phenoxy) is 2. The van der Waals surface area contributed by atoms with Gasteiger partial charge in [-0.1, -0.05) is 42.5 Å². The first kappa shape index (κ1) is 20.1. The van der Waals surface area contributed by atoms with Crippen LogP contribution in [0.3, 0.4) is 0 Å². The van der Waals surface area contributed by atoms with Crippen LogP contribution < -0.4 is 15.4 Å². The number of rotatable bonds is 3. The maximum absolute atomic E-state index is 12.5. The average Bonchev–Trinajstić information content (AvgIpc) is 3.00. The third-order valence-electron chi connectivity index (χ3n) is 5.40. The van der Waals surface area contributed by atoms with Crippen LogP contribution in [0.1, 0.15) is 11.1 Å². The highest BCUT2D eigenvalue weighted by molar-refractivity contribution is 6.05. The number of carbonyl (C=O) groups is 1. The van der Waals surface area contributed by atoms with E-state index in [2.05, 4.69) is 15.5 Å². The number of fused-ring (bicyclic) bond motifs is 2. The lowest BCUT2D eigenvalue weighted by molar-refractivity contribution is 0.0683. The number of aliphatic imine (C=N–C) groups is 1. The lowest BCUT2D eigenvalue weighted by Crippen LogP contribution is -2.41. The first-order valence-corrected chi connectivity index (χ1v) is 10.7. The second-order valence-corrected chi connectivity index (χ2v) is 7.61. The number of hydrogen-bond acceptors (Lipinski definition) is 5. The number of amidine groups is 1. The van der Waals surface area contributed by atoms with Gasteiger partial charge in [0.05, 0.1) is 18.8 Å². The van der Waals surface area contributed by atoms with Crippen molar-refractivity contribution in [3.8, 4) is 11.5 Å². The molecule has 0 radical (unpaired) electrons. The van der Waals surface area contributed by atoms with Crippen molar-refractivity contribution in [2.75, 3.05) is 31.6 Å². The predicted octanol–water partition coefficient (Wildman–Crippen LogP) is 4.52. The maximum Gasteiger partial charge on any atom is 0.319 e. The van der Waals surface area contributed by atoms with E-state index in [4.69, 9.17) is 14.5 Å². The number of amides is 2. The van der Waals surface area contributed by atoms with Gasteiger partial charge in [0.25, 0.3) is 0 Å². The van der Waals surface area contributed by atoms with Crippen LogP contribution in [-0.2, 0) is 11.3 Å². The highest BCUT2D eigenvalue weighted by Crippen LogP contribution is 2.39. The summed E-state index contributed by atoms with van der Waals surface area (Å²) in [7, 11) is 0. The molecule has 0 aromatic heterocycles. The Morgan fingerprint density at radius 2 is 1.72 bits per heavy atom. The SMILES string of the molecule is O=C(NCc1ccccc1)Nc1ccc2c(c1)C(N1CCOCC1)=Nc1ccccc1O2. The van der Waals surface area contributed by atoms with Gasteiger partial charge in [-0.25, -0.2) is 9.79 Å². The fourth-order valence-corrected chi connectivity index (χ4v) is 3.77. The molecule has 0 bridgehead atoms. The van der Waals surface area contributed by atoms with Crippen LogP contribution in [0.15, 0.2) is 77.8 Å².